The van der Waals surface area contributed by atoms with Gasteiger partial charge in [-0.2, -0.15) is 8.78 Å². The van der Waals surface area contributed by atoms with Crippen LogP contribution in [0.1, 0.15) is 31.2 Å². The Kier molecular flexibility index (Phi) is 6.80. The summed E-state index contributed by atoms with van der Waals surface area (Å²) in [6.07, 6.45) is 4.22. The minimum Gasteiger partial charge on any atom is -0.435 e. The molecule has 0 aromatic heterocycles. The predicted octanol–water partition coefficient (Wildman–Crippen LogP) is 3.38. The van der Waals surface area contributed by atoms with Crippen LogP contribution in [0.4, 0.5) is 14.5 Å². The molecular formula is C17H23ClF2N2O2. The quantitative estimate of drug-likeness (QED) is 0.875. The number of halogens is 3. The maximum atomic E-state index is 12.5. The number of carbonyl (C=O) groups excluding carboxylic acids is 1. The molecule has 3 rings (SSSR count). The minimum absolute atomic E-state index is 0. The van der Waals surface area contributed by atoms with Crippen LogP contribution in [0.2, 0.25) is 0 Å². The zero-order valence-corrected chi connectivity index (χ0v) is 14.3. The highest BCUT2D eigenvalue weighted by molar-refractivity contribution is 5.94. The van der Waals surface area contributed by atoms with Crippen LogP contribution in [0, 0.1) is 5.92 Å². The van der Waals surface area contributed by atoms with Gasteiger partial charge in [0.1, 0.15) is 5.75 Å². The lowest BCUT2D eigenvalue weighted by molar-refractivity contribution is -0.119. The molecule has 4 nitrogen and oxygen atoms in total. The third kappa shape index (κ3) is 4.57. The maximum Gasteiger partial charge on any atom is 0.387 e. The molecule has 1 fully saturated rings. The summed E-state index contributed by atoms with van der Waals surface area (Å²) in [4.78, 5) is 14.3. The molecule has 0 aliphatic carbocycles. The highest BCUT2D eigenvalue weighted by Crippen LogP contribution is 2.32. The number of benzene rings is 1. The van der Waals surface area contributed by atoms with Crippen molar-refractivity contribution in [2.45, 2.75) is 38.7 Å². The van der Waals surface area contributed by atoms with Crippen LogP contribution < -0.4 is 15.0 Å². The van der Waals surface area contributed by atoms with Gasteiger partial charge in [-0.25, -0.2) is 0 Å². The number of rotatable bonds is 5. The number of anilines is 1. The summed E-state index contributed by atoms with van der Waals surface area (Å²) in [7, 11) is 0. The molecule has 0 saturated carbocycles. The lowest BCUT2D eigenvalue weighted by Gasteiger charge is -2.30. The Morgan fingerprint density at radius 2 is 2.25 bits per heavy atom. The summed E-state index contributed by atoms with van der Waals surface area (Å²) in [5.41, 5.74) is 1.75. The molecule has 7 heteroatoms. The number of amides is 1. The first-order valence-electron chi connectivity index (χ1n) is 8.22. The highest BCUT2D eigenvalue weighted by Gasteiger charge is 2.24. The topological polar surface area (TPSA) is 41.6 Å². The summed E-state index contributed by atoms with van der Waals surface area (Å²) >= 11 is 0. The Hall–Kier alpha value is -1.40. The first kappa shape index (κ1) is 18.9. The molecule has 1 N–H and O–H groups in total. The summed E-state index contributed by atoms with van der Waals surface area (Å²) in [6, 6.07) is 4.86. The minimum atomic E-state index is -2.82. The molecule has 1 saturated heterocycles. The van der Waals surface area contributed by atoms with Crippen molar-refractivity contribution in [3.8, 4) is 5.75 Å². The van der Waals surface area contributed by atoms with Gasteiger partial charge < -0.3 is 15.0 Å². The molecule has 0 spiro atoms. The van der Waals surface area contributed by atoms with E-state index in [2.05, 4.69) is 10.1 Å². The Bertz CT molecular complexity index is 566. The van der Waals surface area contributed by atoms with E-state index in [4.69, 9.17) is 0 Å². The van der Waals surface area contributed by atoms with Gasteiger partial charge in [-0.3, -0.25) is 4.79 Å². The fraction of sp³-hybridized carbons (Fsp3) is 0.588. The summed E-state index contributed by atoms with van der Waals surface area (Å²) in [5, 5.41) is 3.31. The van der Waals surface area contributed by atoms with E-state index in [0.717, 1.165) is 50.0 Å². The number of carbonyl (C=O) groups is 1. The van der Waals surface area contributed by atoms with Crippen LogP contribution in [0.5, 0.6) is 5.75 Å². The largest absolute Gasteiger partial charge is 0.435 e. The van der Waals surface area contributed by atoms with Crippen molar-refractivity contribution in [2.24, 2.45) is 5.92 Å². The number of ether oxygens (including phenoxy) is 1. The van der Waals surface area contributed by atoms with E-state index in [1.54, 1.807) is 17.0 Å². The van der Waals surface area contributed by atoms with E-state index in [1.165, 1.54) is 6.07 Å². The average molecular weight is 361 g/mol. The van der Waals surface area contributed by atoms with Crippen LogP contribution in [0.15, 0.2) is 18.2 Å². The van der Waals surface area contributed by atoms with Gasteiger partial charge in [0.25, 0.3) is 0 Å². The van der Waals surface area contributed by atoms with Gasteiger partial charge in [-0.1, -0.05) is 0 Å². The zero-order valence-electron chi connectivity index (χ0n) is 13.5. The number of fused-ring (bicyclic) bond motifs is 1. The van der Waals surface area contributed by atoms with Gasteiger partial charge in [-0.15, -0.1) is 12.4 Å². The van der Waals surface area contributed by atoms with Gasteiger partial charge in [0.15, 0.2) is 0 Å². The second-order valence-electron chi connectivity index (χ2n) is 6.22. The smallest absolute Gasteiger partial charge is 0.387 e. The third-order valence-corrected chi connectivity index (χ3v) is 4.62. The van der Waals surface area contributed by atoms with E-state index in [1.807, 2.05) is 0 Å². The summed E-state index contributed by atoms with van der Waals surface area (Å²) in [5.74, 6) is 0.871. The predicted molar refractivity (Wildman–Crippen MR) is 91.2 cm³/mol. The monoisotopic (exact) mass is 360 g/mol. The molecule has 1 unspecified atom stereocenters. The number of aryl methyl sites for hydroxylation is 1. The number of nitrogens with zero attached hydrogens (tertiary/aromatic N) is 1. The molecule has 2 aliphatic heterocycles. The van der Waals surface area contributed by atoms with Crippen molar-refractivity contribution in [1.29, 1.82) is 0 Å². The second kappa shape index (κ2) is 8.62. The van der Waals surface area contributed by atoms with Gasteiger partial charge in [0.05, 0.1) is 0 Å². The SMILES string of the molecule is Cl.O=C(CCC1CCNC1)N1CCCc2cc(OC(F)F)ccc21. The third-order valence-electron chi connectivity index (χ3n) is 4.62. The molecule has 1 aromatic rings. The normalized spacial score (nSPS) is 19.8. The molecule has 2 heterocycles. The molecule has 134 valence electrons. The number of nitrogens with one attached hydrogen (secondary N) is 1. The van der Waals surface area contributed by atoms with Crippen LogP contribution in [-0.2, 0) is 11.2 Å². The Morgan fingerprint density at radius 3 is 2.96 bits per heavy atom. The molecule has 2 aliphatic rings. The van der Waals surface area contributed by atoms with Gasteiger partial charge >= 0.3 is 6.61 Å². The maximum absolute atomic E-state index is 12.5. The number of hydrogen-bond acceptors (Lipinski definition) is 3. The zero-order chi connectivity index (χ0) is 16.2. The van der Waals surface area contributed by atoms with E-state index in [0.29, 0.717) is 18.9 Å². The van der Waals surface area contributed by atoms with Gasteiger partial charge in [-0.05, 0) is 68.5 Å². The summed E-state index contributed by atoms with van der Waals surface area (Å²) in [6.45, 7) is -0.0882. The van der Waals surface area contributed by atoms with E-state index in [9.17, 15) is 13.6 Å². The molecule has 1 amide bonds. The molecular weight excluding hydrogens is 338 g/mol. The lowest BCUT2D eigenvalue weighted by Crippen LogP contribution is -2.35. The van der Waals surface area contributed by atoms with Crippen LogP contribution in [-0.4, -0.2) is 32.2 Å². The molecule has 0 bridgehead atoms. The second-order valence-corrected chi connectivity index (χ2v) is 6.22. The van der Waals surface area contributed by atoms with Crippen molar-refractivity contribution in [3.05, 3.63) is 23.8 Å². The highest BCUT2D eigenvalue weighted by atomic mass is 35.5. The van der Waals surface area contributed by atoms with Gasteiger partial charge in [0, 0.05) is 18.7 Å². The lowest BCUT2D eigenvalue weighted by atomic mass is 9.99. The van der Waals surface area contributed by atoms with Gasteiger partial charge in [0.2, 0.25) is 5.91 Å². The first-order valence-corrected chi connectivity index (χ1v) is 8.22. The van der Waals surface area contributed by atoms with Crippen LogP contribution >= 0.6 is 12.4 Å². The first-order chi connectivity index (χ1) is 11.1. The van der Waals surface area contributed by atoms with Crippen molar-refractivity contribution < 1.29 is 18.3 Å². The van der Waals surface area contributed by atoms with Crippen molar-refractivity contribution >= 4 is 24.0 Å². The number of hydrogen-bond donors (Lipinski definition) is 1. The Balaban J connectivity index is 0.00000208. The standard InChI is InChI=1S/C17H22F2N2O2.ClH/c18-17(19)23-14-4-5-15-13(10-14)2-1-9-21(15)16(22)6-3-12-7-8-20-11-12;/h4-5,10,12,17,20H,1-3,6-9,11H2;1H. The number of alkyl halides is 2. The van der Waals surface area contributed by atoms with E-state index >= 15 is 0 Å². The summed E-state index contributed by atoms with van der Waals surface area (Å²) < 4.78 is 29.1. The molecule has 24 heavy (non-hydrogen) atoms. The Labute approximate surface area is 147 Å². The fourth-order valence-corrected chi connectivity index (χ4v) is 3.43. The average Bonchev–Trinajstić information content (AvgIpc) is 3.04. The van der Waals surface area contributed by atoms with Crippen molar-refractivity contribution in [2.75, 3.05) is 24.5 Å². The van der Waals surface area contributed by atoms with Crippen molar-refractivity contribution in [1.82, 2.24) is 5.32 Å². The van der Waals surface area contributed by atoms with Crippen LogP contribution in [0.25, 0.3) is 0 Å². The molecule has 1 atom stereocenters. The van der Waals surface area contributed by atoms with E-state index in [-0.39, 0.29) is 24.1 Å². The Morgan fingerprint density at radius 1 is 1.42 bits per heavy atom. The molecule has 1 aromatic carbocycles. The van der Waals surface area contributed by atoms with Crippen LogP contribution in [0.3, 0.4) is 0 Å². The fourth-order valence-electron chi connectivity index (χ4n) is 3.43. The molecule has 0 radical (unpaired) electrons. The van der Waals surface area contributed by atoms with E-state index < -0.39 is 6.61 Å². The van der Waals surface area contributed by atoms with Crippen molar-refractivity contribution in [3.63, 3.8) is 0 Å².